The first kappa shape index (κ1) is 25.2. The van der Waals surface area contributed by atoms with Crippen molar-refractivity contribution in [2.45, 2.75) is 17.1 Å². The van der Waals surface area contributed by atoms with Gasteiger partial charge in [0.25, 0.3) is 0 Å². The number of likely N-dealkylation sites (N-methyl/N-ethyl adjacent to an activating group) is 1. The second kappa shape index (κ2) is 11.1. The number of nitrogens with zero attached hydrogens (tertiary/aromatic N) is 2. The van der Waals surface area contributed by atoms with Crippen molar-refractivity contribution in [2.75, 3.05) is 49.6 Å². The molecular weight excluding hydrogens is 467 g/mol. The van der Waals surface area contributed by atoms with Crippen molar-refractivity contribution in [2.24, 2.45) is 0 Å². The molecule has 0 aromatic heterocycles. The monoisotopic (exact) mass is 494 g/mol. The van der Waals surface area contributed by atoms with E-state index in [0.29, 0.717) is 37.6 Å². The highest BCUT2D eigenvalue weighted by molar-refractivity contribution is 8.01. The smallest absolute Gasteiger partial charge is 0.243 e. The summed E-state index contributed by atoms with van der Waals surface area (Å²) in [6.07, 6.45) is 0. The van der Waals surface area contributed by atoms with E-state index in [1.807, 2.05) is 7.05 Å². The summed E-state index contributed by atoms with van der Waals surface area (Å²) in [5.74, 6) is -1.02. The van der Waals surface area contributed by atoms with E-state index in [-0.39, 0.29) is 22.5 Å². The van der Waals surface area contributed by atoms with E-state index in [9.17, 15) is 22.4 Å². The van der Waals surface area contributed by atoms with E-state index in [2.05, 4.69) is 15.5 Å². The Bertz CT molecular complexity index is 1090. The highest BCUT2D eigenvalue weighted by atomic mass is 32.2. The van der Waals surface area contributed by atoms with Gasteiger partial charge in [-0.25, -0.2) is 12.8 Å². The lowest BCUT2D eigenvalue weighted by atomic mass is 10.3. The lowest BCUT2D eigenvalue weighted by molar-refractivity contribution is -0.115. The topological polar surface area (TPSA) is 98.8 Å². The zero-order valence-corrected chi connectivity index (χ0v) is 20.1. The molecular formula is C22H27FN4O4S2. The number of nitrogens with one attached hydrogen (secondary N) is 2. The zero-order valence-electron chi connectivity index (χ0n) is 18.5. The van der Waals surface area contributed by atoms with Crippen molar-refractivity contribution in [3.05, 3.63) is 54.3 Å². The van der Waals surface area contributed by atoms with Crippen molar-refractivity contribution < 1.29 is 22.4 Å². The summed E-state index contributed by atoms with van der Waals surface area (Å²) in [5.41, 5.74) is 0.843. The minimum Gasteiger partial charge on any atom is -0.325 e. The Kier molecular flexibility index (Phi) is 8.46. The van der Waals surface area contributed by atoms with Gasteiger partial charge in [0.05, 0.1) is 15.9 Å². The van der Waals surface area contributed by atoms with Crippen LogP contribution in [0.5, 0.6) is 0 Å². The van der Waals surface area contributed by atoms with Gasteiger partial charge in [0.2, 0.25) is 21.8 Å². The van der Waals surface area contributed by atoms with Gasteiger partial charge in [-0.2, -0.15) is 4.31 Å². The van der Waals surface area contributed by atoms with Crippen molar-refractivity contribution in [3.63, 3.8) is 0 Å². The molecule has 8 nitrogen and oxygen atoms in total. The molecule has 1 aliphatic rings. The average molecular weight is 495 g/mol. The van der Waals surface area contributed by atoms with Gasteiger partial charge in [0.15, 0.2) is 0 Å². The van der Waals surface area contributed by atoms with Gasteiger partial charge < -0.3 is 15.5 Å². The molecule has 1 aliphatic heterocycles. The van der Waals surface area contributed by atoms with E-state index in [1.54, 1.807) is 19.1 Å². The van der Waals surface area contributed by atoms with Crippen LogP contribution in [0.1, 0.15) is 6.92 Å². The standard InChI is InChI=1S/C22H27FN4O4S2/c1-16(32-15-21(28)24-18-8-6-17(23)7-9-18)22(29)25-19-4-3-5-20(14-19)33(30,31)27-12-10-26(2)11-13-27/h3-9,14,16H,10-13,15H2,1-2H3,(H,24,28)(H,25,29). The largest absolute Gasteiger partial charge is 0.325 e. The first-order chi connectivity index (χ1) is 15.6. The summed E-state index contributed by atoms with van der Waals surface area (Å²) in [4.78, 5) is 26.8. The third-order valence-electron chi connectivity index (χ3n) is 5.16. The number of thioether (sulfide) groups is 1. The number of benzene rings is 2. The minimum absolute atomic E-state index is 0.0315. The molecule has 0 spiro atoms. The molecule has 1 saturated heterocycles. The number of hydrogen-bond donors (Lipinski definition) is 2. The van der Waals surface area contributed by atoms with E-state index in [1.165, 1.54) is 40.7 Å². The fourth-order valence-corrected chi connectivity index (χ4v) is 5.31. The summed E-state index contributed by atoms with van der Waals surface area (Å²) in [5, 5.41) is 4.80. The van der Waals surface area contributed by atoms with Crippen LogP contribution in [0.25, 0.3) is 0 Å². The first-order valence-corrected chi connectivity index (χ1v) is 12.9. The van der Waals surface area contributed by atoms with Crippen LogP contribution in [0.3, 0.4) is 0 Å². The van der Waals surface area contributed by atoms with E-state index in [0.717, 1.165) is 11.8 Å². The Morgan fingerprint density at radius 1 is 1.03 bits per heavy atom. The Labute approximate surface area is 197 Å². The maximum Gasteiger partial charge on any atom is 0.243 e. The summed E-state index contributed by atoms with van der Waals surface area (Å²) >= 11 is 1.14. The number of carbonyl (C=O) groups excluding carboxylic acids is 2. The van der Waals surface area contributed by atoms with Gasteiger partial charge in [-0.15, -0.1) is 11.8 Å². The molecule has 2 aromatic rings. The Balaban J connectivity index is 1.54. The van der Waals surface area contributed by atoms with E-state index >= 15 is 0 Å². The van der Waals surface area contributed by atoms with Crippen molar-refractivity contribution in [3.8, 4) is 0 Å². The fraction of sp³-hybridized carbons (Fsp3) is 0.364. The summed E-state index contributed by atoms with van der Waals surface area (Å²) < 4.78 is 40.3. The van der Waals surface area contributed by atoms with Gasteiger partial charge >= 0.3 is 0 Å². The Morgan fingerprint density at radius 3 is 2.36 bits per heavy atom. The third-order valence-corrected chi connectivity index (χ3v) is 8.20. The number of anilines is 2. The number of rotatable bonds is 8. The minimum atomic E-state index is -3.64. The van der Waals surface area contributed by atoms with Crippen molar-refractivity contribution >= 4 is 45.0 Å². The average Bonchev–Trinajstić information content (AvgIpc) is 2.79. The van der Waals surface area contributed by atoms with Gasteiger partial charge in [0.1, 0.15) is 5.82 Å². The SMILES string of the molecule is CC(SCC(=O)Nc1ccc(F)cc1)C(=O)Nc1cccc(S(=O)(=O)N2CCN(C)CC2)c1. The number of sulfonamides is 1. The molecule has 0 saturated carbocycles. The molecule has 1 fully saturated rings. The normalized spacial score (nSPS) is 16.2. The predicted molar refractivity (Wildman–Crippen MR) is 128 cm³/mol. The third kappa shape index (κ3) is 7.00. The highest BCUT2D eigenvalue weighted by Crippen LogP contribution is 2.22. The number of hydrogen-bond acceptors (Lipinski definition) is 6. The maximum atomic E-state index is 12.9. The predicted octanol–water partition coefficient (Wildman–Crippen LogP) is 2.46. The van der Waals surface area contributed by atoms with Crippen LogP contribution in [0.4, 0.5) is 15.8 Å². The number of amides is 2. The van der Waals surface area contributed by atoms with Gasteiger partial charge in [0, 0.05) is 37.6 Å². The molecule has 11 heteroatoms. The van der Waals surface area contributed by atoms with Crippen LogP contribution in [0.2, 0.25) is 0 Å². The van der Waals surface area contributed by atoms with Crippen LogP contribution in [0, 0.1) is 5.82 Å². The van der Waals surface area contributed by atoms with Crippen LogP contribution >= 0.6 is 11.8 Å². The van der Waals surface area contributed by atoms with Crippen molar-refractivity contribution in [1.29, 1.82) is 0 Å². The molecule has 33 heavy (non-hydrogen) atoms. The molecule has 1 atom stereocenters. The van der Waals surface area contributed by atoms with Crippen LogP contribution in [0.15, 0.2) is 53.4 Å². The van der Waals surface area contributed by atoms with Crippen LogP contribution in [-0.4, -0.2) is 73.7 Å². The molecule has 2 aromatic carbocycles. The van der Waals surface area contributed by atoms with Crippen LogP contribution < -0.4 is 10.6 Å². The van der Waals surface area contributed by atoms with Gasteiger partial charge in [-0.05, 0) is 56.4 Å². The molecule has 0 radical (unpaired) electrons. The molecule has 2 amide bonds. The van der Waals surface area contributed by atoms with Crippen molar-refractivity contribution in [1.82, 2.24) is 9.21 Å². The summed E-state index contributed by atoms with van der Waals surface area (Å²) in [6, 6.07) is 11.6. The molecule has 3 rings (SSSR count). The number of carbonyl (C=O) groups is 2. The highest BCUT2D eigenvalue weighted by Gasteiger charge is 2.27. The lowest BCUT2D eigenvalue weighted by Crippen LogP contribution is -2.47. The quantitative estimate of drug-likeness (QED) is 0.585. The number of halogens is 1. The Hall–Kier alpha value is -2.47. The molecule has 178 valence electrons. The second-order valence-electron chi connectivity index (χ2n) is 7.73. The zero-order chi connectivity index (χ0) is 24.0. The van der Waals surface area contributed by atoms with Gasteiger partial charge in [-0.3, -0.25) is 9.59 Å². The molecule has 0 aliphatic carbocycles. The lowest BCUT2D eigenvalue weighted by Gasteiger charge is -2.31. The molecule has 0 bridgehead atoms. The van der Waals surface area contributed by atoms with E-state index < -0.39 is 21.1 Å². The van der Waals surface area contributed by atoms with Gasteiger partial charge in [-0.1, -0.05) is 6.07 Å². The first-order valence-electron chi connectivity index (χ1n) is 10.4. The summed E-state index contributed by atoms with van der Waals surface area (Å²) in [7, 11) is -1.69. The fourth-order valence-electron chi connectivity index (χ4n) is 3.16. The number of piperazine rings is 1. The molecule has 2 N–H and O–H groups in total. The second-order valence-corrected chi connectivity index (χ2v) is 11.0. The maximum absolute atomic E-state index is 12.9. The molecule has 1 unspecified atom stereocenters. The molecule has 1 heterocycles. The Morgan fingerprint density at radius 2 is 1.70 bits per heavy atom. The summed E-state index contributed by atoms with van der Waals surface area (Å²) in [6.45, 7) is 3.83. The van der Waals surface area contributed by atoms with E-state index in [4.69, 9.17) is 0 Å². The van der Waals surface area contributed by atoms with Crippen LogP contribution in [-0.2, 0) is 19.6 Å².